The van der Waals surface area contributed by atoms with Crippen LogP contribution in [-0.4, -0.2) is 11.9 Å². The van der Waals surface area contributed by atoms with Crippen molar-refractivity contribution in [3.63, 3.8) is 0 Å². The Morgan fingerprint density at radius 1 is 0.848 bits per heavy atom. The molecular weight excluding hydrogens is 437 g/mol. The summed E-state index contributed by atoms with van der Waals surface area (Å²) in [4.78, 5) is 22.5. The second-order valence-electron chi connectivity index (χ2n) is 6.56. The number of esters is 2. The molecule has 0 radical (unpaired) electrons. The average molecular weight is 454 g/mol. The third-order valence-corrected chi connectivity index (χ3v) is 4.28. The molecule has 0 fully saturated rings. The Morgan fingerprint density at radius 2 is 1.52 bits per heavy atom. The fourth-order valence-corrected chi connectivity index (χ4v) is 2.73. The molecule has 5 nitrogen and oxygen atoms in total. The monoisotopic (exact) mass is 454 g/mol. The Hall–Kier alpha value is -4.33. The first-order valence-corrected chi connectivity index (χ1v) is 9.47. The fourth-order valence-electron chi connectivity index (χ4n) is 2.73. The van der Waals surface area contributed by atoms with Gasteiger partial charge in [0.25, 0.3) is 0 Å². The summed E-state index contributed by atoms with van der Waals surface area (Å²) in [5.74, 6) is -0.903. The lowest BCUT2D eigenvalue weighted by Crippen LogP contribution is -2.12. The standard InChI is InChI=1S/C25H17F3O5/c1-3-23(29)32-19-10-7-17(8-11-19)21-14-12-18(31-21)9-5-16-6-13-22(33-24(30)4-2)20(15-16)25(26,27)28/h3-15H,1-2H2/b9-5+. The highest BCUT2D eigenvalue weighted by Gasteiger charge is 2.35. The van der Waals surface area contributed by atoms with Crippen LogP contribution >= 0.6 is 0 Å². The molecular formula is C25H17F3O5. The second kappa shape index (κ2) is 9.86. The number of benzene rings is 2. The van der Waals surface area contributed by atoms with Crippen molar-refractivity contribution in [3.8, 4) is 22.8 Å². The molecule has 0 N–H and O–H groups in total. The van der Waals surface area contributed by atoms with Crippen LogP contribution in [0.1, 0.15) is 16.9 Å². The van der Waals surface area contributed by atoms with E-state index in [-0.39, 0.29) is 5.56 Å². The van der Waals surface area contributed by atoms with Crippen molar-refractivity contribution in [3.05, 3.63) is 96.8 Å². The molecule has 0 unspecified atom stereocenters. The van der Waals surface area contributed by atoms with Crippen molar-refractivity contribution in [2.45, 2.75) is 6.18 Å². The van der Waals surface area contributed by atoms with Gasteiger partial charge in [0.05, 0.1) is 5.56 Å². The van der Waals surface area contributed by atoms with Gasteiger partial charge in [0.1, 0.15) is 23.0 Å². The lowest BCUT2D eigenvalue weighted by atomic mass is 10.1. The molecule has 33 heavy (non-hydrogen) atoms. The quantitative estimate of drug-likeness (QED) is 0.238. The molecule has 0 spiro atoms. The highest BCUT2D eigenvalue weighted by Crippen LogP contribution is 2.37. The van der Waals surface area contributed by atoms with Crippen molar-refractivity contribution in [2.24, 2.45) is 0 Å². The first kappa shape index (κ1) is 23.3. The number of hydrogen-bond acceptors (Lipinski definition) is 5. The zero-order chi connectivity index (χ0) is 24.0. The molecule has 3 rings (SSSR count). The number of carbonyl (C=O) groups is 2. The van der Waals surface area contributed by atoms with Crippen molar-refractivity contribution >= 4 is 24.1 Å². The molecule has 0 saturated carbocycles. The molecule has 2 aromatic carbocycles. The Balaban J connectivity index is 1.78. The Morgan fingerprint density at radius 3 is 2.15 bits per heavy atom. The van der Waals surface area contributed by atoms with Crippen LogP contribution in [0.25, 0.3) is 23.5 Å². The number of ether oxygens (including phenoxy) is 2. The lowest BCUT2D eigenvalue weighted by molar-refractivity contribution is -0.141. The molecule has 168 valence electrons. The smallest absolute Gasteiger partial charge is 0.420 e. The Bertz CT molecular complexity index is 1220. The third-order valence-electron chi connectivity index (χ3n) is 4.28. The van der Waals surface area contributed by atoms with Gasteiger partial charge in [-0.1, -0.05) is 25.3 Å². The van der Waals surface area contributed by atoms with Gasteiger partial charge in [-0.25, -0.2) is 9.59 Å². The first-order valence-electron chi connectivity index (χ1n) is 9.47. The van der Waals surface area contributed by atoms with Gasteiger partial charge in [-0.05, 0) is 60.2 Å². The average Bonchev–Trinajstić information content (AvgIpc) is 3.27. The number of hydrogen-bond donors (Lipinski definition) is 0. The number of halogens is 3. The maximum Gasteiger partial charge on any atom is 0.420 e. The molecule has 8 heteroatoms. The van der Waals surface area contributed by atoms with E-state index in [1.807, 2.05) is 0 Å². The minimum absolute atomic E-state index is 0.229. The second-order valence-corrected chi connectivity index (χ2v) is 6.56. The number of rotatable bonds is 7. The lowest BCUT2D eigenvalue weighted by Gasteiger charge is -2.12. The largest absolute Gasteiger partial charge is 0.457 e. The van der Waals surface area contributed by atoms with Crippen molar-refractivity contribution in [2.75, 3.05) is 0 Å². The van der Waals surface area contributed by atoms with Crippen molar-refractivity contribution in [1.82, 2.24) is 0 Å². The van der Waals surface area contributed by atoms with Gasteiger partial charge >= 0.3 is 18.1 Å². The van der Waals surface area contributed by atoms with Crippen LogP contribution in [0.2, 0.25) is 0 Å². The van der Waals surface area contributed by atoms with E-state index in [0.29, 0.717) is 22.8 Å². The summed E-state index contributed by atoms with van der Waals surface area (Å²) < 4.78 is 55.5. The molecule has 0 saturated heterocycles. The van der Waals surface area contributed by atoms with Crippen LogP contribution in [0, 0.1) is 0 Å². The van der Waals surface area contributed by atoms with Gasteiger partial charge < -0.3 is 13.9 Å². The van der Waals surface area contributed by atoms with Gasteiger partial charge in [-0.15, -0.1) is 0 Å². The molecule has 0 amide bonds. The van der Waals surface area contributed by atoms with Gasteiger partial charge in [-0.3, -0.25) is 0 Å². The van der Waals surface area contributed by atoms with Crippen LogP contribution in [0.5, 0.6) is 11.5 Å². The van der Waals surface area contributed by atoms with E-state index < -0.39 is 29.4 Å². The van der Waals surface area contributed by atoms with Crippen molar-refractivity contribution in [1.29, 1.82) is 0 Å². The normalized spacial score (nSPS) is 11.2. The first-order chi connectivity index (χ1) is 15.7. The Kier molecular flexibility index (Phi) is 6.97. The van der Waals surface area contributed by atoms with E-state index in [2.05, 4.69) is 17.9 Å². The van der Waals surface area contributed by atoms with Crippen LogP contribution < -0.4 is 9.47 Å². The van der Waals surface area contributed by atoms with Gasteiger partial charge in [0.2, 0.25) is 0 Å². The summed E-state index contributed by atoms with van der Waals surface area (Å²) in [6.45, 7) is 6.50. The van der Waals surface area contributed by atoms with Crippen LogP contribution in [0.3, 0.4) is 0 Å². The molecule has 3 aromatic rings. The summed E-state index contributed by atoms with van der Waals surface area (Å²) in [7, 11) is 0. The van der Waals surface area contributed by atoms with E-state index in [9.17, 15) is 22.8 Å². The number of carbonyl (C=O) groups excluding carboxylic acids is 2. The van der Waals surface area contributed by atoms with E-state index in [0.717, 1.165) is 24.3 Å². The van der Waals surface area contributed by atoms with Crippen LogP contribution in [0.15, 0.2) is 84.3 Å². The molecule has 0 aliphatic rings. The fraction of sp³-hybridized carbons (Fsp3) is 0.0400. The van der Waals surface area contributed by atoms with Crippen LogP contribution in [0.4, 0.5) is 13.2 Å². The van der Waals surface area contributed by atoms with E-state index in [1.165, 1.54) is 18.2 Å². The van der Waals surface area contributed by atoms with Gasteiger partial charge in [0, 0.05) is 17.7 Å². The maximum atomic E-state index is 13.4. The highest BCUT2D eigenvalue weighted by atomic mass is 19.4. The zero-order valence-electron chi connectivity index (χ0n) is 17.1. The predicted molar refractivity (Wildman–Crippen MR) is 116 cm³/mol. The highest BCUT2D eigenvalue weighted by molar-refractivity contribution is 5.84. The summed E-state index contributed by atoms with van der Waals surface area (Å²) in [5, 5.41) is 0. The van der Waals surface area contributed by atoms with Gasteiger partial charge in [0.15, 0.2) is 0 Å². The minimum Gasteiger partial charge on any atom is -0.457 e. The molecule has 1 aromatic heterocycles. The summed E-state index contributed by atoms with van der Waals surface area (Å²) in [5.41, 5.74) is -0.148. The molecule has 0 atom stereocenters. The SMILES string of the molecule is C=CC(=O)Oc1ccc(-c2ccc(/C=C/c3ccc(OC(=O)C=C)c(C(F)(F)F)c3)o2)cc1. The number of alkyl halides is 3. The minimum atomic E-state index is -4.72. The Labute approximate surface area is 187 Å². The van der Waals surface area contributed by atoms with Crippen LogP contribution in [-0.2, 0) is 15.8 Å². The summed E-state index contributed by atoms with van der Waals surface area (Å²) in [6.07, 6.45) is 0.0655. The van der Waals surface area contributed by atoms with E-state index >= 15 is 0 Å². The predicted octanol–water partition coefficient (Wildman–Crippen LogP) is 6.32. The molecule has 0 aliphatic carbocycles. The van der Waals surface area contributed by atoms with Crippen molar-refractivity contribution < 1.29 is 36.7 Å². The van der Waals surface area contributed by atoms with Gasteiger partial charge in [-0.2, -0.15) is 13.2 Å². The zero-order valence-corrected chi connectivity index (χ0v) is 17.1. The maximum absolute atomic E-state index is 13.4. The number of furan rings is 1. The third kappa shape index (κ3) is 6.10. The van der Waals surface area contributed by atoms with E-state index in [4.69, 9.17) is 9.15 Å². The molecule has 1 heterocycles. The summed E-state index contributed by atoms with van der Waals surface area (Å²) >= 11 is 0. The molecule has 0 aliphatic heterocycles. The topological polar surface area (TPSA) is 65.7 Å². The van der Waals surface area contributed by atoms with E-state index in [1.54, 1.807) is 36.4 Å². The summed E-state index contributed by atoms with van der Waals surface area (Å²) in [6, 6.07) is 13.2. The molecule has 0 bridgehead atoms.